The number of carbonyl (C=O) groups is 1. The zero-order chi connectivity index (χ0) is 9.28. The molecule has 0 unspecified atom stereocenters. The lowest BCUT2D eigenvalue weighted by atomic mass is 10.3. The second-order valence-corrected chi connectivity index (χ2v) is 2.45. The Hall–Kier alpha value is -0.350. The van der Waals surface area contributed by atoms with Gasteiger partial charge in [0.15, 0.2) is 0 Å². The summed E-state index contributed by atoms with van der Waals surface area (Å²) in [6.45, 7) is 3.20. The zero-order valence-electron chi connectivity index (χ0n) is 6.67. The number of rotatable bonds is 2. The Balaban J connectivity index is 0. The number of hydrogen-bond donors (Lipinski definition) is 2. The van der Waals surface area contributed by atoms with Gasteiger partial charge >= 0.3 is 0 Å². The Bertz CT molecular complexity index is 128. The summed E-state index contributed by atoms with van der Waals surface area (Å²) >= 11 is 3.24. The smallest absolute Gasteiger partial charge is 0.300 e. The summed E-state index contributed by atoms with van der Waals surface area (Å²) in [7, 11) is 0. The fraction of sp³-hybridized carbons (Fsp3) is 0.571. The summed E-state index contributed by atoms with van der Waals surface area (Å²) in [4.78, 5) is 9.00. The molecule has 0 amide bonds. The molecular weight excluding hydrogens is 212 g/mol. The van der Waals surface area contributed by atoms with Crippen LogP contribution in [0.2, 0.25) is 0 Å². The number of alkyl halides is 1. The lowest BCUT2D eigenvalue weighted by molar-refractivity contribution is -0.134. The number of aliphatic hydroxyl groups is 1. The molecule has 0 aromatic rings. The molecular formula is C7H13BrO3. The molecule has 0 aromatic carbocycles. The fourth-order valence-electron chi connectivity index (χ4n) is 0.210. The summed E-state index contributed by atoms with van der Waals surface area (Å²) < 4.78 is 0. The lowest BCUT2D eigenvalue weighted by Gasteiger charge is -1.86. The van der Waals surface area contributed by atoms with Crippen LogP contribution in [0.5, 0.6) is 0 Å². The van der Waals surface area contributed by atoms with Crippen molar-refractivity contribution in [2.45, 2.75) is 13.8 Å². The molecule has 4 heteroatoms. The maximum atomic E-state index is 9.00. The SMILES string of the molecule is CC(=CCO)CBr.CC(=O)O. The predicted molar refractivity (Wildman–Crippen MR) is 47.9 cm³/mol. The second kappa shape index (κ2) is 9.65. The first-order valence-electron chi connectivity index (χ1n) is 3.06. The van der Waals surface area contributed by atoms with Crippen LogP contribution in [-0.4, -0.2) is 28.1 Å². The molecule has 0 spiro atoms. The highest BCUT2D eigenvalue weighted by Gasteiger charge is 1.78. The molecule has 0 heterocycles. The molecule has 0 radical (unpaired) electrons. The van der Waals surface area contributed by atoms with Crippen molar-refractivity contribution in [3.05, 3.63) is 11.6 Å². The van der Waals surface area contributed by atoms with Crippen molar-refractivity contribution in [3.8, 4) is 0 Å². The highest BCUT2D eigenvalue weighted by atomic mass is 79.9. The minimum atomic E-state index is -0.833. The van der Waals surface area contributed by atoms with E-state index in [1.807, 2.05) is 6.92 Å². The van der Waals surface area contributed by atoms with Gasteiger partial charge in [0, 0.05) is 12.3 Å². The van der Waals surface area contributed by atoms with E-state index in [1.54, 1.807) is 6.08 Å². The van der Waals surface area contributed by atoms with Gasteiger partial charge < -0.3 is 10.2 Å². The van der Waals surface area contributed by atoms with Gasteiger partial charge in [-0.3, -0.25) is 4.79 Å². The third-order valence-corrected chi connectivity index (χ3v) is 1.54. The number of allylic oxidation sites excluding steroid dienone is 1. The standard InChI is InChI=1S/C5H9BrO.C2H4O2/c1-5(4-6)2-3-7;1-2(3)4/h2,7H,3-4H2,1H3;1H3,(H,3,4). The highest BCUT2D eigenvalue weighted by Crippen LogP contribution is 1.94. The van der Waals surface area contributed by atoms with Crippen LogP contribution in [0.25, 0.3) is 0 Å². The first-order valence-corrected chi connectivity index (χ1v) is 4.18. The van der Waals surface area contributed by atoms with E-state index in [0.29, 0.717) is 0 Å². The normalized spacial score (nSPS) is 10.0. The molecule has 0 fully saturated rings. The summed E-state index contributed by atoms with van der Waals surface area (Å²) in [6.07, 6.45) is 1.77. The van der Waals surface area contributed by atoms with E-state index in [-0.39, 0.29) is 6.61 Å². The maximum Gasteiger partial charge on any atom is 0.300 e. The Morgan fingerprint density at radius 1 is 1.55 bits per heavy atom. The Morgan fingerprint density at radius 2 is 1.91 bits per heavy atom. The lowest BCUT2D eigenvalue weighted by Crippen LogP contribution is -1.78. The fourth-order valence-corrected chi connectivity index (χ4v) is 0.439. The monoisotopic (exact) mass is 224 g/mol. The van der Waals surface area contributed by atoms with Gasteiger partial charge in [0.2, 0.25) is 0 Å². The van der Waals surface area contributed by atoms with Gasteiger partial charge in [0.25, 0.3) is 5.97 Å². The van der Waals surface area contributed by atoms with Gasteiger partial charge in [0.05, 0.1) is 6.61 Å². The van der Waals surface area contributed by atoms with Crippen LogP contribution in [0.3, 0.4) is 0 Å². The van der Waals surface area contributed by atoms with E-state index >= 15 is 0 Å². The molecule has 66 valence electrons. The number of carboxylic acid groups (broad SMARTS) is 1. The van der Waals surface area contributed by atoms with Crippen molar-refractivity contribution in [2.75, 3.05) is 11.9 Å². The summed E-state index contributed by atoms with van der Waals surface area (Å²) in [5.41, 5.74) is 1.17. The number of aliphatic carboxylic acids is 1. The van der Waals surface area contributed by atoms with Crippen molar-refractivity contribution >= 4 is 21.9 Å². The topological polar surface area (TPSA) is 57.5 Å². The van der Waals surface area contributed by atoms with E-state index < -0.39 is 5.97 Å². The quantitative estimate of drug-likeness (QED) is 0.551. The molecule has 11 heavy (non-hydrogen) atoms. The van der Waals surface area contributed by atoms with Crippen LogP contribution < -0.4 is 0 Å². The first-order chi connectivity index (χ1) is 5.04. The maximum absolute atomic E-state index is 9.00. The van der Waals surface area contributed by atoms with Gasteiger partial charge in [-0.05, 0) is 6.92 Å². The van der Waals surface area contributed by atoms with Gasteiger partial charge in [-0.15, -0.1) is 0 Å². The largest absolute Gasteiger partial charge is 0.481 e. The van der Waals surface area contributed by atoms with Gasteiger partial charge in [0.1, 0.15) is 0 Å². The third kappa shape index (κ3) is 26.1. The van der Waals surface area contributed by atoms with Crippen LogP contribution in [0, 0.1) is 0 Å². The second-order valence-electron chi connectivity index (χ2n) is 1.89. The van der Waals surface area contributed by atoms with Crippen LogP contribution in [-0.2, 0) is 4.79 Å². The van der Waals surface area contributed by atoms with Crippen molar-refractivity contribution in [1.29, 1.82) is 0 Å². The molecule has 0 bridgehead atoms. The van der Waals surface area contributed by atoms with E-state index in [4.69, 9.17) is 15.0 Å². The molecule has 3 nitrogen and oxygen atoms in total. The number of halogens is 1. The molecule has 0 saturated carbocycles. The van der Waals surface area contributed by atoms with Crippen molar-refractivity contribution in [2.24, 2.45) is 0 Å². The zero-order valence-corrected chi connectivity index (χ0v) is 8.26. The van der Waals surface area contributed by atoms with Gasteiger partial charge in [-0.1, -0.05) is 27.6 Å². The molecule has 0 saturated heterocycles. The minimum Gasteiger partial charge on any atom is -0.481 e. The van der Waals surface area contributed by atoms with Crippen LogP contribution in [0.4, 0.5) is 0 Å². The number of aliphatic hydroxyl groups excluding tert-OH is 1. The molecule has 0 rings (SSSR count). The van der Waals surface area contributed by atoms with E-state index in [0.717, 1.165) is 12.3 Å². The number of hydrogen-bond acceptors (Lipinski definition) is 2. The highest BCUT2D eigenvalue weighted by molar-refractivity contribution is 9.09. The third-order valence-electron chi connectivity index (χ3n) is 0.651. The Labute approximate surface area is 74.9 Å². The summed E-state index contributed by atoms with van der Waals surface area (Å²) in [5, 5.41) is 16.5. The van der Waals surface area contributed by atoms with Crippen molar-refractivity contribution in [1.82, 2.24) is 0 Å². The summed E-state index contributed by atoms with van der Waals surface area (Å²) in [6, 6.07) is 0. The van der Waals surface area contributed by atoms with Crippen LogP contribution in [0.1, 0.15) is 13.8 Å². The van der Waals surface area contributed by atoms with E-state index in [1.165, 1.54) is 5.57 Å². The molecule has 0 aliphatic rings. The van der Waals surface area contributed by atoms with E-state index in [9.17, 15) is 0 Å². The van der Waals surface area contributed by atoms with Gasteiger partial charge in [-0.25, -0.2) is 0 Å². The van der Waals surface area contributed by atoms with Crippen LogP contribution >= 0.6 is 15.9 Å². The van der Waals surface area contributed by atoms with Crippen LogP contribution in [0.15, 0.2) is 11.6 Å². The molecule has 0 aromatic heterocycles. The average Bonchev–Trinajstić information content (AvgIpc) is 1.87. The molecule has 0 atom stereocenters. The molecule has 0 aliphatic carbocycles. The first kappa shape index (κ1) is 13.3. The molecule has 0 aliphatic heterocycles. The summed E-state index contributed by atoms with van der Waals surface area (Å²) in [5.74, 6) is -0.833. The van der Waals surface area contributed by atoms with E-state index in [2.05, 4.69) is 15.9 Å². The van der Waals surface area contributed by atoms with Crippen molar-refractivity contribution in [3.63, 3.8) is 0 Å². The average molecular weight is 225 g/mol. The van der Waals surface area contributed by atoms with Gasteiger partial charge in [-0.2, -0.15) is 0 Å². The Morgan fingerprint density at radius 3 is 2.00 bits per heavy atom. The van der Waals surface area contributed by atoms with Crippen molar-refractivity contribution < 1.29 is 15.0 Å². The number of carboxylic acids is 1. The Kier molecular flexibility index (Phi) is 11.6. The molecule has 2 N–H and O–H groups in total. The predicted octanol–water partition coefficient (Wildman–Crippen LogP) is 1.41. The minimum absolute atomic E-state index is 0.150.